The topological polar surface area (TPSA) is 108 Å². The summed E-state index contributed by atoms with van der Waals surface area (Å²) in [6.45, 7) is 2.22. The number of hydrogen-bond acceptors (Lipinski definition) is 7. The molecule has 0 saturated heterocycles. The molecule has 0 unspecified atom stereocenters. The van der Waals surface area contributed by atoms with Crippen LogP contribution in [0, 0.1) is 24.0 Å². The predicted octanol–water partition coefficient (Wildman–Crippen LogP) is 3.78. The number of carbonyl (C=O) groups is 2. The molecule has 10 heteroatoms. The highest BCUT2D eigenvalue weighted by Gasteiger charge is 2.29. The van der Waals surface area contributed by atoms with Gasteiger partial charge in [0.25, 0.3) is 5.91 Å². The molecule has 2 aromatic carbocycles. The molecule has 1 aromatic heterocycles. The molecule has 3 aromatic rings. The Bertz CT molecular complexity index is 1160. The Hall–Kier alpha value is -3.66. The molecule has 4 rings (SSSR count). The van der Waals surface area contributed by atoms with Crippen LogP contribution < -0.4 is 4.90 Å². The van der Waals surface area contributed by atoms with Crippen LogP contribution in [0.2, 0.25) is 0 Å². The van der Waals surface area contributed by atoms with Crippen molar-refractivity contribution in [3.8, 4) is 0 Å². The van der Waals surface area contributed by atoms with E-state index in [1.807, 2.05) is 48.5 Å². The lowest BCUT2D eigenvalue weighted by Crippen LogP contribution is -2.33. The van der Waals surface area contributed by atoms with E-state index in [1.165, 1.54) is 18.5 Å². The van der Waals surface area contributed by atoms with E-state index in [1.54, 1.807) is 16.7 Å². The van der Waals surface area contributed by atoms with Crippen LogP contribution in [0.1, 0.15) is 11.4 Å². The van der Waals surface area contributed by atoms with Crippen molar-refractivity contribution in [2.45, 2.75) is 30.2 Å². The highest BCUT2D eigenvalue weighted by Crippen LogP contribution is 2.47. The van der Waals surface area contributed by atoms with Gasteiger partial charge in [0.1, 0.15) is 17.9 Å². The van der Waals surface area contributed by atoms with Gasteiger partial charge in [0.15, 0.2) is 6.61 Å². The van der Waals surface area contributed by atoms with Crippen LogP contribution in [0.25, 0.3) is 0 Å². The first-order valence-corrected chi connectivity index (χ1v) is 10.2. The monoisotopic (exact) mass is 438 g/mol. The molecule has 0 spiro atoms. The predicted molar refractivity (Wildman–Crippen MR) is 113 cm³/mol. The Morgan fingerprint density at radius 2 is 1.65 bits per heavy atom. The lowest BCUT2D eigenvalue weighted by Gasteiger charge is -2.30. The number of carbonyl (C=O) groups excluding carboxylic acids is 2. The van der Waals surface area contributed by atoms with E-state index in [-0.39, 0.29) is 23.6 Å². The van der Waals surface area contributed by atoms with E-state index in [0.29, 0.717) is 0 Å². The number of anilines is 2. The second-order valence-electron chi connectivity index (χ2n) is 6.86. The maximum absolute atomic E-state index is 13.0. The Kier molecular flexibility index (Phi) is 5.47. The van der Waals surface area contributed by atoms with E-state index < -0.39 is 23.4 Å². The summed E-state index contributed by atoms with van der Waals surface area (Å²) in [5.74, 6) is -1.10. The molecule has 9 nitrogen and oxygen atoms in total. The average Bonchev–Trinajstić information content (AvgIpc) is 3.03. The van der Waals surface area contributed by atoms with Crippen LogP contribution in [-0.2, 0) is 20.9 Å². The standard InChI is InChI=1S/C21H18N4O5S/c1-13-21(25(28)29)14(2)23(22-13)11-20(27)30-12-19(26)24-15-7-3-5-9-17(15)31-18-10-6-4-8-16(18)24/h3-10H,11-12H2,1-2H3. The van der Waals surface area contributed by atoms with Crippen molar-refractivity contribution < 1.29 is 19.2 Å². The summed E-state index contributed by atoms with van der Waals surface area (Å²) in [5, 5.41) is 15.1. The summed E-state index contributed by atoms with van der Waals surface area (Å²) in [6.07, 6.45) is 0. The SMILES string of the molecule is Cc1nn(CC(=O)OCC(=O)N2c3ccccc3Sc3ccccc32)c(C)c1[N+](=O)[O-]. The molecule has 2 heterocycles. The summed E-state index contributed by atoms with van der Waals surface area (Å²) in [5.41, 5.74) is 1.78. The average molecular weight is 438 g/mol. The maximum atomic E-state index is 13.0. The van der Waals surface area contributed by atoms with E-state index in [2.05, 4.69) is 5.10 Å². The number of aryl methyl sites for hydroxylation is 1. The highest BCUT2D eigenvalue weighted by atomic mass is 32.2. The third-order valence-corrected chi connectivity index (χ3v) is 5.97. The fraction of sp³-hybridized carbons (Fsp3) is 0.190. The number of rotatable bonds is 5. The summed E-state index contributed by atoms with van der Waals surface area (Å²) >= 11 is 1.57. The van der Waals surface area contributed by atoms with Gasteiger partial charge >= 0.3 is 11.7 Å². The van der Waals surface area contributed by atoms with E-state index in [4.69, 9.17) is 4.74 Å². The number of benzene rings is 2. The van der Waals surface area contributed by atoms with Gasteiger partial charge < -0.3 is 4.74 Å². The molecule has 0 radical (unpaired) electrons. The maximum Gasteiger partial charge on any atom is 0.328 e. The molecule has 0 saturated carbocycles. The number of fused-ring (bicyclic) bond motifs is 2. The van der Waals surface area contributed by atoms with Gasteiger partial charge in [0, 0.05) is 9.79 Å². The van der Waals surface area contributed by atoms with Crippen LogP contribution in [0.3, 0.4) is 0 Å². The van der Waals surface area contributed by atoms with Crippen molar-refractivity contribution >= 4 is 40.7 Å². The Labute approximate surface area is 181 Å². The molecule has 1 aliphatic heterocycles. The van der Waals surface area contributed by atoms with E-state index in [9.17, 15) is 19.7 Å². The molecular weight excluding hydrogens is 420 g/mol. The summed E-state index contributed by atoms with van der Waals surface area (Å²) in [4.78, 5) is 39.3. The number of esters is 1. The molecule has 0 fully saturated rings. The van der Waals surface area contributed by atoms with Crippen molar-refractivity contribution in [2.24, 2.45) is 0 Å². The summed E-state index contributed by atoms with van der Waals surface area (Å²) < 4.78 is 6.40. The third kappa shape index (κ3) is 3.89. The minimum Gasteiger partial charge on any atom is -0.454 e. The molecule has 0 atom stereocenters. The summed E-state index contributed by atoms with van der Waals surface area (Å²) in [7, 11) is 0. The summed E-state index contributed by atoms with van der Waals surface area (Å²) in [6, 6.07) is 15.0. The number of amides is 1. The van der Waals surface area contributed by atoms with Gasteiger partial charge in [0.05, 0.1) is 16.3 Å². The normalized spacial score (nSPS) is 12.1. The Morgan fingerprint density at radius 3 is 2.19 bits per heavy atom. The van der Waals surface area contributed by atoms with Gasteiger partial charge in [-0.3, -0.25) is 29.3 Å². The minimum absolute atomic E-state index is 0.136. The Morgan fingerprint density at radius 1 is 1.06 bits per heavy atom. The zero-order valence-electron chi connectivity index (χ0n) is 16.8. The smallest absolute Gasteiger partial charge is 0.328 e. The number of aromatic nitrogens is 2. The van der Waals surface area contributed by atoms with Crippen LogP contribution in [0.15, 0.2) is 58.3 Å². The first kappa shape index (κ1) is 20.6. The van der Waals surface area contributed by atoms with E-state index in [0.717, 1.165) is 21.2 Å². The number of ether oxygens (including phenoxy) is 1. The van der Waals surface area contributed by atoms with Crippen LogP contribution in [0.4, 0.5) is 17.1 Å². The van der Waals surface area contributed by atoms with Crippen molar-refractivity contribution in [2.75, 3.05) is 11.5 Å². The highest BCUT2D eigenvalue weighted by molar-refractivity contribution is 7.99. The van der Waals surface area contributed by atoms with Gasteiger partial charge in [-0.15, -0.1) is 0 Å². The zero-order chi connectivity index (χ0) is 22.1. The molecular formula is C21H18N4O5S. The molecule has 158 valence electrons. The fourth-order valence-corrected chi connectivity index (χ4v) is 4.51. The first-order chi connectivity index (χ1) is 14.9. The number of nitro groups is 1. The molecule has 1 aliphatic rings. The van der Waals surface area contributed by atoms with Crippen molar-refractivity contribution in [3.63, 3.8) is 0 Å². The molecule has 0 N–H and O–H groups in total. The van der Waals surface area contributed by atoms with Crippen LogP contribution >= 0.6 is 11.8 Å². The number of hydrogen-bond donors (Lipinski definition) is 0. The lowest BCUT2D eigenvalue weighted by molar-refractivity contribution is -0.386. The quantitative estimate of drug-likeness (QED) is 0.339. The molecule has 0 aliphatic carbocycles. The number of nitrogens with zero attached hydrogens (tertiary/aromatic N) is 4. The van der Waals surface area contributed by atoms with Crippen molar-refractivity contribution in [3.05, 3.63) is 70.0 Å². The second kappa shape index (κ2) is 8.23. The van der Waals surface area contributed by atoms with E-state index >= 15 is 0 Å². The lowest BCUT2D eigenvalue weighted by atomic mass is 10.2. The molecule has 0 bridgehead atoms. The van der Waals surface area contributed by atoms with Gasteiger partial charge in [-0.2, -0.15) is 5.10 Å². The third-order valence-electron chi connectivity index (χ3n) is 4.84. The van der Waals surface area contributed by atoms with Gasteiger partial charge in [-0.25, -0.2) is 0 Å². The van der Waals surface area contributed by atoms with Crippen molar-refractivity contribution in [1.82, 2.24) is 9.78 Å². The van der Waals surface area contributed by atoms with Gasteiger partial charge in [0.2, 0.25) is 0 Å². The van der Waals surface area contributed by atoms with Crippen molar-refractivity contribution in [1.29, 1.82) is 0 Å². The van der Waals surface area contributed by atoms with Crippen LogP contribution in [0.5, 0.6) is 0 Å². The first-order valence-electron chi connectivity index (χ1n) is 9.39. The van der Waals surface area contributed by atoms with Gasteiger partial charge in [-0.05, 0) is 38.1 Å². The fourth-order valence-electron chi connectivity index (χ4n) is 3.45. The van der Waals surface area contributed by atoms with Gasteiger partial charge in [-0.1, -0.05) is 36.0 Å². The minimum atomic E-state index is -0.707. The Balaban J connectivity index is 1.49. The second-order valence-corrected chi connectivity index (χ2v) is 7.95. The number of para-hydroxylation sites is 2. The van der Waals surface area contributed by atoms with Crippen LogP contribution in [-0.4, -0.2) is 33.2 Å². The largest absolute Gasteiger partial charge is 0.454 e. The molecule has 1 amide bonds. The zero-order valence-corrected chi connectivity index (χ0v) is 17.6. The molecule has 31 heavy (non-hydrogen) atoms.